The summed E-state index contributed by atoms with van der Waals surface area (Å²) >= 11 is 1.13. The number of carbonyl (C=O) groups excluding carboxylic acids is 2. The highest BCUT2D eigenvalue weighted by Gasteiger charge is 2.37. The number of alkyl halides is 2. The highest BCUT2D eigenvalue weighted by Crippen LogP contribution is 2.37. The maximum atomic E-state index is 13.1. The first-order chi connectivity index (χ1) is 11.1. The predicted octanol–water partition coefficient (Wildman–Crippen LogP) is 2.24. The van der Waals surface area contributed by atoms with Crippen molar-refractivity contribution in [3.05, 3.63) is 17.0 Å². The number of carbonyl (C=O) groups is 2. The van der Waals surface area contributed by atoms with Crippen LogP contribution in [0.1, 0.15) is 36.0 Å². The summed E-state index contributed by atoms with van der Waals surface area (Å²) in [5, 5.41) is 4.50. The number of nitrogens with one attached hydrogen (secondary N) is 2. The van der Waals surface area contributed by atoms with Crippen LogP contribution in [-0.2, 0) is 14.8 Å². The first kappa shape index (κ1) is 18.9. The van der Waals surface area contributed by atoms with E-state index in [1.165, 1.54) is 6.07 Å². The van der Waals surface area contributed by atoms with Crippen LogP contribution in [0.15, 0.2) is 11.4 Å². The fourth-order valence-corrected chi connectivity index (χ4v) is 3.64. The first-order valence-corrected chi connectivity index (χ1v) is 10.1. The molecule has 0 atom stereocenters. The second kappa shape index (κ2) is 7.24. The smallest absolute Gasteiger partial charge is 0.248 e. The summed E-state index contributed by atoms with van der Waals surface area (Å²) in [4.78, 5) is 24.2. The molecule has 0 bridgehead atoms. The first-order valence-electron chi connectivity index (χ1n) is 7.31. The maximum Gasteiger partial charge on any atom is 0.248 e. The van der Waals surface area contributed by atoms with Crippen molar-refractivity contribution in [2.75, 3.05) is 18.1 Å². The number of Topliss-reactive ketones (excluding diaryl/α,β-unsaturated/α-hetero) is 1. The molecule has 1 aliphatic carbocycles. The molecule has 1 aromatic heterocycles. The van der Waals surface area contributed by atoms with Crippen molar-refractivity contribution in [1.82, 2.24) is 4.72 Å². The fourth-order valence-electron chi connectivity index (χ4n) is 2.43. The summed E-state index contributed by atoms with van der Waals surface area (Å²) in [6.45, 7) is -0.409. The van der Waals surface area contributed by atoms with Crippen LogP contribution >= 0.6 is 11.3 Å². The zero-order chi connectivity index (χ0) is 18.0. The molecule has 0 aromatic carbocycles. The number of halogens is 2. The number of hydrogen-bond donors (Lipinski definition) is 2. The molecular formula is C14H18F2N2O4S2. The Labute approximate surface area is 142 Å². The molecule has 24 heavy (non-hydrogen) atoms. The highest BCUT2D eigenvalue weighted by molar-refractivity contribution is 7.88. The van der Waals surface area contributed by atoms with E-state index in [0.717, 1.165) is 17.6 Å². The van der Waals surface area contributed by atoms with Crippen molar-refractivity contribution < 1.29 is 26.8 Å². The van der Waals surface area contributed by atoms with Gasteiger partial charge in [-0.2, -0.15) is 0 Å². The third-order valence-electron chi connectivity index (χ3n) is 3.79. The molecule has 2 N–H and O–H groups in total. The Bertz CT molecular complexity index is 721. The maximum absolute atomic E-state index is 13.1. The van der Waals surface area contributed by atoms with E-state index < -0.39 is 40.1 Å². The molecule has 1 amide bonds. The van der Waals surface area contributed by atoms with E-state index in [0.29, 0.717) is 5.00 Å². The van der Waals surface area contributed by atoms with Gasteiger partial charge < -0.3 is 5.32 Å². The lowest BCUT2D eigenvalue weighted by molar-refractivity contribution is -0.123. The number of thiophene rings is 1. The minimum Gasteiger partial charge on any atom is -0.317 e. The lowest BCUT2D eigenvalue weighted by atomic mass is 9.86. The van der Waals surface area contributed by atoms with Crippen LogP contribution < -0.4 is 10.0 Å². The van der Waals surface area contributed by atoms with E-state index in [-0.39, 0.29) is 31.2 Å². The third kappa shape index (κ3) is 5.32. The Morgan fingerprint density at radius 3 is 2.54 bits per heavy atom. The minimum absolute atomic E-state index is 0.100. The van der Waals surface area contributed by atoms with Crippen LogP contribution in [0.5, 0.6) is 0 Å². The molecule has 0 spiro atoms. The van der Waals surface area contributed by atoms with Gasteiger partial charge in [-0.3, -0.25) is 9.59 Å². The second-order valence-electron chi connectivity index (χ2n) is 5.80. The Morgan fingerprint density at radius 1 is 1.33 bits per heavy atom. The Hall–Kier alpha value is -1.39. The number of rotatable bonds is 6. The summed E-state index contributed by atoms with van der Waals surface area (Å²) in [6.07, 6.45) is 0.501. The number of hydrogen-bond acceptors (Lipinski definition) is 5. The zero-order valence-electron chi connectivity index (χ0n) is 13.0. The van der Waals surface area contributed by atoms with E-state index in [2.05, 4.69) is 10.0 Å². The Kier molecular flexibility index (Phi) is 5.71. The Balaban J connectivity index is 1.98. The molecule has 0 aliphatic heterocycles. The third-order valence-corrected chi connectivity index (χ3v) is 5.28. The number of anilines is 1. The average molecular weight is 380 g/mol. The summed E-state index contributed by atoms with van der Waals surface area (Å²) < 4.78 is 50.4. The lowest BCUT2D eigenvalue weighted by Crippen LogP contribution is -2.32. The van der Waals surface area contributed by atoms with Crippen LogP contribution in [0.2, 0.25) is 0 Å². The molecule has 6 nitrogen and oxygen atoms in total. The van der Waals surface area contributed by atoms with Gasteiger partial charge >= 0.3 is 0 Å². The minimum atomic E-state index is -3.50. The van der Waals surface area contributed by atoms with Crippen molar-refractivity contribution >= 4 is 38.1 Å². The van der Waals surface area contributed by atoms with Gasteiger partial charge in [0.05, 0.1) is 18.4 Å². The summed E-state index contributed by atoms with van der Waals surface area (Å²) in [6, 6.07) is 1.49. The Morgan fingerprint density at radius 2 is 1.96 bits per heavy atom. The van der Waals surface area contributed by atoms with Crippen molar-refractivity contribution in [1.29, 1.82) is 0 Å². The van der Waals surface area contributed by atoms with Gasteiger partial charge in [0.25, 0.3) is 0 Å². The fraction of sp³-hybridized carbons (Fsp3) is 0.571. The van der Waals surface area contributed by atoms with Gasteiger partial charge in [-0.05, 0) is 24.3 Å². The molecule has 1 aliphatic rings. The van der Waals surface area contributed by atoms with Crippen molar-refractivity contribution in [3.8, 4) is 0 Å². The molecule has 1 heterocycles. The van der Waals surface area contributed by atoms with Crippen LogP contribution in [0.25, 0.3) is 0 Å². The van der Waals surface area contributed by atoms with Gasteiger partial charge in [-0.15, -0.1) is 11.3 Å². The molecule has 1 saturated carbocycles. The van der Waals surface area contributed by atoms with E-state index in [4.69, 9.17) is 0 Å². The standard InChI is InChI=1S/C14H18F2N2O4S2/c1-24(21,22)17-8-11(19)10-4-7-23-13(10)18-12(20)9-2-5-14(15,16)6-3-9/h4,7,9,17H,2-3,5-6,8H2,1H3,(H,18,20). The number of sulfonamides is 1. The number of amides is 1. The normalized spacial score (nSPS) is 18.3. The van der Waals surface area contributed by atoms with Crippen molar-refractivity contribution in [3.63, 3.8) is 0 Å². The van der Waals surface area contributed by atoms with Crippen LogP contribution in [0.4, 0.5) is 13.8 Å². The molecule has 2 rings (SSSR count). The topological polar surface area (TPSA) is 92.3 Å². The summed E-state index contributed by atoms with van der Waals surface area (Å²) in [7, 11) is -3.50. The second-order valence-corrected chi connectivity index (χ2v) is 8.55. The SMILES string of the molecule is CS(=O)(=O)NCC(=O)c1ccsc1NC(=O)C1CCC(F)(F)CC1. The zero-order valence-corrected chi connectivity index (χ0v) is 14.6. The van der Waals surface area contributed by atoms with E-state index >= 15 is 0 Å². The monoisotopic (exact) mass is 380 g/mol. The van der Waals surface area contributed by atoms with E-state index in [1.54, 1.807) is 5.38 Å². The molecule has 134 valence electrons. The highest BCUT2D eigenvalue weighted by atomic mass is 32.2. The van der Waals surface area contributed by atoms with Gasteiger partial charge in [0.2, 0.25) is 21.9 Å². The van der Waals surface area contributed by atoms with Crippen molar-refractivity contribution in [2.45, 2.75) is 31.6 Å². The van der Waals surface area contributed by atoms with Gasteiger partial charge in [0.1, 0.15) is 5.00 Å². The lowest BCUT2D eigenvalue weighted by Gasteiger charge is -2.27. The van der Waals surface area contributed by atoms with Crippen LogP contribution in [0, 0.1) is 5.92 Å². The van der Waals surface area contributed by atoms with Gasteiger partial charge in [-0.25, -0.2) is 21.9 Å². The average Bonchev–Trinajstić information content (AvgIpc) is 2.92. The molecule has 10 heteroatoms. The quantitative estimate of drug-likeness (QED) is 0.741. The summed E-state index contributed by atoms with van der Waals surface area (Å²) in [5.74, 6) is -4.09. The van der Waals surface area contributed by atoms with Crippen LogP contribution in [-0.4, -0.2) is 38.8 Å². The van der Waals surface area contributed by atoms with Crippen molar-refractivity contribution in [2.24, 2.45) is 5.92 Å². The molecular weight excluding hydrogens is 362 g/mol. The van der Waals surface area contributed by atoms with Gasteiger partial charge in [0.15, 0.2) is 5.78 Å². The molecule has 1 fully saturated rings. The molecule has 0 radical (unpaired) electrons. The van der Waals surface area contributed by atoms with Crippen LogP contribution in [0.3, 0.4) is 0 Å². The van der Waals surface area contributed by atoms with E-state index in [9.17, 15) is 26.8 Å². The molecule has 0 saturated heterocycles. The largest absolute Gasteiger partial charge is 0.317 e. The predicted molar refractivity (Wildman–Crippen MR) is 87.0 cm³/mol. The molecule has 1 aromatic rings. The van der Waals surface area contributed by atoms with Gasteiger partial charge in [-0.1, -0.05) is 0 Å². The summed E-state index contributed by atoms with van der Waals surface area (Å²) in [5.41, 5.74) is 0.200. The van der Waals surface area contributed by atoms with E-state index in [1.807, 2.05) is 0 Å². The van der Waals surface area contributed by atoms with Gasteiger partial charge in [0, 0.05) is 18.8 Å². The molecule has 0 unspecified atom stereocenters. The number of ketones is 1.